The lowest BCUT2D eigenvalue weighted by Gasteiger charge is -2.05. The van der Waals surface area contributed by atoms with Crippen LogP contribution in [0.2, 0.25) is 0 Å². The Morgan fingerprint density at radius 2 is 1.81 bits per heavy atom. The minimum atomic E-state index is -4.74. The lowest BCUT2D eigenvalue weighted by Crippen LogP contribution is -2.22. The molecule has 0 amide bonds. The Morgan fingerprint density at radius 1 is 1.25 bits per heavy atom. The zero-order chi connectivity index (χ0) is 12.2. The number of hydrogen-bond donors (Lipinski definition) is 0. The van der Waals surface area contributed by atoms with Gasteiger partial charge in [0.25, 0.3) is 0 Å². The zero-order valence-corrected chi connectivity index (χ0v) is 8.71. The summed E-state index contributed by atoms with van der Waals surface area (Å²) < 4.78 is 35.9. The summed E-state index contributed by atoms with van der Waals surface area (Å²) >= 11 is 0. The van der Waals surface area contributed by atoms with E-state index in [1.807, 2.05) is 6.07 Å². The van der Waals surface area contributed by atoms with E-state index in [1.54, 1.807) is 30.3 Å². The Bertz CT molecular complexity index is 390. The fourth-order valence-corrected chi connectivity index (χ4v) is 1.24. The second-order valence-electron chi connectivity index (χ2n) is 3.50. The molecule has 0 saturated carbocycles. The molecule has 0 aliphatic heterocycles. The maximum atomic E-state index is 12.0. The zero-order valence-electron chi connectivity index (χ0n) is 8.71. The van der Waals surface area contributed by atoms with Gasteiger partial charge in [0, 0.05) is 6.42 Å². The molecule has 0 spiro atoms. The molecule has 86 valence electrons. The number of Topliss-reactive ketones (excluding diaryl/α,β-unsaturated/α-hetero) is 1. The summed E-state index contributed by atoms with van der Waals surface area (Å²) in [6, 6.07) is 8.91. The van der Waals surface area contributed by atoms with E-state index in [0.717, 1.165) is 5.56 Å². The van der Waals surface area contributed by atoms with Crippen LogP contribution >= 0.6 is 0 Å². The molecule has 0 saturated heterocycles. The number of allylic oxidation sites excluding steroid dienone is 1. The van der Waals surface area contributed by atoms with Crippen LogP contribution in [0, 0.1) is 0 Å². The van der Waals surface area contributed by atoms with E-state index in [1.165, 1.54) is 6.92 Å². The number of benzene rings is 1. The van der Waals surface area contributed by atoms with E-state index in [9.17, 15) is 18.0 Å². The summed E-state index contributed by atoms with van der Waals surface area (Å²) in [5.41, 5.74) is 1.18. The molecule has 16 heavy (non-hydrogen) atoms. The number of rotatable bonds is 3. The Labute approximate surface area is 91.6 Å². The van der Waals surface area contributed by atoms with Crippen molar-refractivity contribution in [3.05, 3.63) is 41.5 Å². The number of hydrogen-bond acceptors (Lipinski definition) is 1. The molecular formula is C12H11F3O. The molecule has 0 bridgehead atoms. The average molecular weight is 228 g/mol. The number of carbonyl (C=O) groups is 1. The normalized spacial score (nSPS) is 12.6. The van der Waals surface area contributed by atoms with Gasteiger partial charge in [0.15, 0.2) is 0 Å². The molecule has 0 aliphatic carbocycles. The van der Waals surface area contributed by atoms with Crippen molar-refractivity contribution in [2.45, 2.75) is 19.5 Å². The largest absolute Gasteiger partial charge is 0.450 e. The third-order valence-electron chi connectivity index (χ3n) is 1.97. The maximum absolute atomic E-state index is 12.0. The van der Waals surface area contributed by atoms with Gasteiger partial charge in [-0.15, -0.1) is 0 Å². The molecule has 1 aromatic rings. The van der Waals surface area contributed by atoms with Crippen LogP contribution in [-0.4, -0.2) is 12.0 Å². The van der Waals surface area contributed by atoms with Crippen LogP contribution in [0.3, 0.4) is 0 Å². The topological polar surface area (TPSA) is 17.1 Å². The van der Waals surface area contributed by atoms with Crippen molar-refractivity contribution in [1.82, 2.24) is 0 Å². The molecule has 1 aromatic carbocycles. The van der Waals surface area contributed by atoms with Gasteiger partial charge in [-0.05, 0) is 12.5 Å². The number of carbonyl (C=O) groups excluding carboxylic acids is 1. The Hall–Kier alpha value is -1.58. The van der Waals surface area contributed by atoms with Crippen molar-refractivity contribution in [2.24, 2.45) is 0 Å². The van der Waals surface area contributed by atoms with Crippen LogP contribution in [-0.2, 0) is 4.79 Å². The summed E-state index contributed by atoms with van der Waals surface area (Å²) in [4.78, 5) is 10.7. The molecule has 0 aromatic heterocycles. The highest BCUT2D eigenvalue weighted by Crippen LogP contribution is 2.21. The second-order valence-corrected chi connectivity index (χ2v) is 3.50. The molecule has 0 atom stereocenters. The molecule has 1 nitrogen and oxygen atoms in total. The minimum absolute atomic E-state index is 0.397. The predicted molar refractivity (Wildman–Crippen MR) is 55.8 cm³/mol. The van der Waals surface area contributed by atoms with Crippen LogP contribution in [0.25, 0.3) is 6.08 Å². The summed E-state index contributed by atoms with van der Waals surface area (Å²) in [6.07, 6.45) is -3.76. The fourth-order valence-electron chi connectivity index (χ4n) is 1.24. The Morgan fingerprint density at radius 3 is 2.31 bits per heavy atom. The summed E-state index contributed by atoms with van der Waals surface area (Å²) in [7, 11) is 0. The average Bonchev–Trinajstić information content (AvgIpc) is 2.17. The van der Waals surface area contributed by atoms with Gasteiger partial charge in [0.2, 0.25) is 5.78 Å². The fraction of sp³-hybridized carbons (Fsp3) is 0.250. The van der Waals surface area contributed by atoms with Crippen LogP contribution in [0.4, 0.5) is 13.2 Å². The molecule has 4 heteroatoms. The third kappa shape index (κ3) is 3.88. The summed E-state index contributed by atoms with van der Waals surface area (Å²) in [5.74, 6) is -1.71. The molecule has 0 unspecified atom stereocenters. The van der Waals surface area contributed by atoms with Crippen molar-refractivity contribution in [3.63, 3.8) is 0 Å². The SMILES string of the molecule is C/C(=C\c1ccccc1)CC(=O)C(F)(F)F. The highest BCUT2D eigenvalue weighted by atomic mass is 19.4. The van der Waals surface area contributed by atoms with Crippen molar-refractivity contribution in [1.29, 1.82) is 0 Å². The van der Waals surface area contributed by atoms with Crippen molar-refractivity contribution in [3.8, 4) is 0 Å². The first kappa shape index (κ1) is 12.5. The van der Waals surface area contributed by atoms with Crippen LogP contribution in [0.5, 0.6) is 0 Å². The lowest BCUT2D eigenvalue weighted by molar-refractivity contribution is -0.170. The van der Waals surface area contributed by atoms with Gasteiger partial charge >= 0.3 is 6.18 Å². The third-order valence-corrected chi connectivity index (χ3v) is 1.97. The standard InChI is InChI=1S/C12H11F3O/c1-9(8-11(16)12(13,14)15)7-10-5-3-2-4-6-10/h2-7H,8H2,1H3/b9-7+. The summed E-state index contributed by atoms with van der Waals surface area (Å²) in [5, 5.41) is 0. The van der Waals surface area contributed by atoms with E-state index in [2.05, 4.69) is 0 Å². The molecular weight excluding hydrogens is 217 g/mol. The molecule has 0 radical (unpaired) electrons. The Balaban J connectivity index is 2.70. The van der Waals surface area contributed by atoms with Gasteiger partial charge in [-0.1, -0.05) is 42.0 Å². The summed E-state index contributed by atoms with van der Waals surface area (Å²) in [6.45, 7) is 1.51. The van der Waals surface area contributed by atoms with Gasteiger partial charge in [0.05, 0.1) is 0 Å². The number of ketones is 1. The Kier molecular flexibility index (Phi) is 3.88. The lowest BCUT2D eigenvalue weighted by atomic mass is 10.1. The van der Waals surface area contributed by atoms with Gasteiger partial charge in [-0.3, -0.25) is 4.79 Å². The molecule has 0 fully saturated rings. The van der Waals surface area contributed by atoms with Gasteiger partial charge < -0.3 is 0 Å². The second kappa shape index (κ2) is 4.96. The monoisotopic (exact) mass is 228 g/mol. The minimum Gasteiger partial charge on any atom is -0.289 e. The van der Waals surface area contributed by atoms with Gasteiger partial charge in [-0.2, -0.15) is 13.2 Å². The van der Waals surface area contributed by atoms with Crippen molar-refractivity contribution in [2.75, 3.05) is 0 Å². The van der Waals surface area contributed by atoms with E-state index in [0.29, 0.717) is 5.57 Å². The predicted octanol–water partition coefficient (Wildman–Crippen LogP) is 3.61. The van der Waals surface area contributed by atoms with Gasteiger partial charge in [0.1, 0.15) is 0 Å². The number of alkyl halides is 3. The molecule has 0 heterocycles. The first-order valence-corrected chi connectivity index (χ1v) is 4.72. The molecule has 0 aliphatic rings. The van der Waals surface area contributed by atoms with Crippen LogP contribution in [0.15, 0.2) is 35.9 Å². The maximum Gasteiger partial charge on any atom is 0.450 e. The van der Waals surface area contributed by atoms with Gasteiger partial charge in [-0.25, -0.2) is 0 Å². The number of halogens is 3. The highest BCUT2D eigenvalue weighted by Gasteiger charge is 2.37. The quantitative estimate of drug-likeness (QED) is 0.772. The first-order chi connectivity index (χ1) is 7.39. The van der Waals surface area contributed by atoms with Crippen LogP contribution < -0.4 is 0 Å². The van der Waals surface area contributed by atoms with E-state index >= 15 is 0 Å². The van der Waals surface area contributed by atoms with Crippen molar-refractivity contribution < 1.29 is 18.0 Å². The van der Waals surface area contributed by atoms with Crippen molar-refractivity contribution >= 4 is 11.9 Å². The first-order valence-electron chi connectivity index (χ1n) is 4.72. The van der Waals surface area contributed by atoms with Crippen LogP contribution in [0.1, 0.15) is 18.9 Å². The highest BCUT2D eigenvalue weighted by molar-refractivity contribution is 5.86. The van der Waals surface area contributed by atoms with E-state index < -0.39 is 18.4 Å². The van der Waals surface area contributed by atoms with E-state index in [-0.39, 0.29) is 0 Å². The smallest absolute Gasteiger partial charge is 0.289 e. The van der Waals surface area contributed by atoms with E-state index in [4.69, 9.17) is 0 Å². The molecule has 0 N–H and O–H groups in total. The molecule has 1 rings (SSSR count).